The number of nitrogens with zero attached hydrogens (tertiary/aromatic N) is 5. The molecular formula is C28H24N8O. The van der Waals surface area contributed by atoms with Crippen LogP contribution in [0.15, 0.2) is 73.3 Å². The molecule has 0 fully saturated rings. The third-order valence-corrected chi connectivity index (χ3v) is 6.05. The lowest BCUT2D eigenvalue weighted by Crippen LogP contribution is -2.14. The molecule has 0 saturated heterocycles. The van der Waals surface area contributed by atoms with E-state index < -0.39 is 0 Å². The van der Waals surface area contributed by atoms with Crippen LogP contribution in [-0.4, -0.2) is 41.0 Å². The Morgan fingerprint density at radius 1 is 0.919 bits per heavy atom. The summed E-state index contributed by atoms with van der Waals surface area (Å²) in [5.74, 6) is 0.865. The third kappa shape index (κ3) is 4.42. The Morgan fingerprint density at radius 3 is 2.62 bits per heavy atom. The fraction of sp³-hybridized carbons (Fsp3) is 0.143. The van der Waals surface area contributed by atoms with E-state index >= 15 is 0 Å². The van der Waals surface area contributed by atoms with Crippen LogP contribution in [0.4, 0.5) is 5.69 Å². The summed E-state index contributed by atoms with van der Waals surface area (Å²) in [5.41, 5.74) is 8.07. The summed E-state index contributed by atoms with van der Waals surface area (Å²) < 4.78 is 0. The number of aromatic amines is 2. The number of benzene rings is 1. The van der Waals surface area contributed by atoms with Gasteiger partial charge in [0.2, 0.25) is 5.91 Å². The van der Waals surface area contributed by atoms with Crippen LogP contribution >= 0.6 is 0 Å². The van der Waals surface area contributed by atoms with Crippen LogP contribution in [-0.2, 0) is 4.79 Å². The fourth-order valence-corrected chi connectivity index (χ4v) is 4.36. The van der Waals surface area contributed by atoms with Gasteiger partial charge in [-0.2, -0.15) is 5.10 Å². The molecule has 5 aromatic heterocycles. The highest BCUT2D eigenvalue weighted by Crippen LogP contribution is 2.31. The minimum atomic E-state index is -0.0366. The van der Waals surface area contributed by atoms with E-state index in [4.69, 9.17) is 9.97 Å². The van der Waals surface area contributed by atoms with E-state index in [1.807, 2.05) is 62.4 Å². The second-order valence-electron chi connectivity index (χ2n) is 9.30. The maximum atomic E-state index is 12.2. The SMILES string of the molecule is CC(C)CC(=O)Nc1cncc(-c2ccc3[nH]nc(-c4nc5c(-c6ccncc6)cccc5[nH]4)c3n2)c1. The number of aromatic nitrogens is 7. The summed E-state index contributed by atoms with van der Waals surface area (Å²) in [7, 11) is 0. The van der Waals surface area contributed by atoms with Crippen molar-refractivity contribution in [2.45, 2.75) is 20.3 Å². The Hall–Kier alpha value is -4.92. The molecule has 0 aliphatic carbocycles. The number of carbonyl (C=O) groups is 1. The van der Waals surface area contributed by atoms with Gasteiger partial charge >= 0.3 is 0 Å². The number of rotatable bonds is 6. The number of hydrogen-bond donors (Lipinski definition) is 3. The molecule has 0 atom stereocenters. The molecule has 5 heterocycles. The largest absolute Gasteiger partial charge is 0.336 e. The van der Waals surface area contributed by atoms with Gasteiger partial charge in [-0.25, -0.2) is 9.97 Å². The summed E-state index contributed by atoms with van der Waals surface area (Å²) in [5, 5.41) is 10.5. The third-order valence-electron chi connectivity index (χ3n) is 6.05. The summed E-state index contributed by atoms with van der Waals surface area (Å²) in [6.45, 7) is 4.02. The van der Waals surface area contributed by atoms with Gasteiger partial charge in [-0.1, -0.05) is 26.0 Å². The normalized spacial score (nSPS) is 11.4. The average Bonchev–Trinajstić information content (AvgIpc) is 3.52. The predicted molar refractivity (Wildman–Crippen MR) is 144 cm³/mol. The molecule has 0 aliphatic heterocycles. The molecule has 9 heteroatoms. The highest BCUT2D eigenvalue weighted by molar-refractivity contribution is 5.96. The number of anilines is 1. The van der Waals surface area contributed by atoms with E-state index in [0.717, 1.165) is 38.9 Å². The maximum absolute atomic E-state index is 12.2. The van der Waals surface area contributed by atoms with E-state index in [1.165, 1.54) is 0 Å². The van der Waals surface area contributed by atoms with E-state index in [0.29, 0.717) is 29.1 Å². The molecule has 6 aromatic rings. The van der Waals surface area contributed by atoms with Gasteiger partial charge in [0.05, 0.1) is 34.1 Å². The van der Waals surface area contributed by atoms with E-state index in [1.54, 1.807) is 24.8 Å². The number of fused-ring (bicyclic) bond motifs is 2. The maximum Gasteiger partial charge on any atom is 0.224 e. The first-order valence-electron chi connectivity index (χ1n) is 12.0. The van der Waals surface area contributed by atoms with Crippen molar-refractivity contribution in [1.82, 2.24) is 35.1 Å². The number of nitrogens with one attached hydrogen (secondary N) is 3. The highest BCUT2D eigenvalue weighted by Gasteiger charge is 2.17. The van der Waals surface area contributed by atoms with Gasteiger partial charge in [0.1, 0.15) is 5.52 Å². The highest BCUT2D eigenvalue weighted by atomic mass is 16.1. The molecule has 0 bridgehead atoms. The number of para-hydroxylation sites is 1. The minimum absolute atomic E-state index is 0.0366. The molecule has 0 saturated carbocycles. The summed E-state index contributed by atoms with van der Waals surface area (Å²) in [6, 6.07) is 15.7. The number of amides is 1. The van der Waals surface area contributed by atoms with Crippen molar-refractivity contribution in [2.24, 2.45) is 5.92 Å². The van der Waals surface area contributed by atoms with Crippen molar-refractivity contribution < 1.29 is 4.79 Å². The second-order valence-corrected chi connectivity index (χ2v) is 9.30. The molecule has 182 valence electrons. The Kier molecular flexibility index (Phi) is 5.65. The molecule has 37 heavy (non-hydrogen) atoms. The first-order chi connectivity index (χ1) is 18.0. The summed E-state index contributed by atoms with van der Waals surface area (Å²) in [6.07, 6.45) is 7.36. The molecule has 1 amide bonds. The molecule has 9 nitrogen and oxygen atoms in total. The van der Waals surface area contributed by atoms with Crippen molar-refractivity contribution in [3.8, 4) is 33.9 Å². The van der Waals surface area contributed by atoms with Crippen LogP contribution in [0.25, 0.3) is 56.0 Å². The average molecular weight is 489 g/mol. The molecule has 0 unspecified atom stereocenters. The number of imidazole rings is 1. The van der Waals surface area contributed by atoms with Crippen LogP contribution < -0.4 is 5.32 Å². The van der Waals surface area contributed by atoms with E-state index in [9.17, 15) is 4.79 Å². The van der Waals surface area contributed by atoms with Crippen molar-refractivity contribution >= 4 is 33.7 Å². The quantitative estimate of drug-likeness (QED) is 0.280. The van der Waals surface area contributed by atoms with Crippen molar-refractivity contribution in [3.05, 3.63) is 73.3 Å². The molecule has 1 aromatic carbocycles. The monoisotopic (exact) mass is 488 g/mol. The molecule has 3 N–H and O–H groups in total. The van der Waals surface area contributed by atoms with Gasteiger partial charge in [-0.15, -0.1) is 0 Å². The topological polar surface area (TPSA) is 125 Å². The Balaban J connectivity index is 1.38. The van der Waals surface area contributed by atoms with Crippen molar-refractivity contribution in [3.63, 3.8) is 0 Å². The standard InChI is InChI=1S/C28H24N8O/c1-16(2)12-24(37)31-19-13-18(14-30-15-19)21-6-7-23-26(32-21)27(36-35-23)28-33-22-5-3-4-20(25(22)34-28)17-8-10-29-11-9-17/h3-11,13-16H,12H2,1-2H3,(H,31,37)(H,33,34)(H,35,36). The van der Waals surface area contributed by atoms with Gasteiger partial charge in [0.15, 0.2) is 11.5 Å². The zero-order valence-corrected chi connectivity index (χ0v) is 20.4. The van der Waals surface area contributed by atoms with Crippen LogP contribution in [0.5, 0.6) is 0 Å². The Labute approximate surface area is 212 Å². The first-order valence-corrected chi connectivity index (χ1v) is 12.0. The lowest BCUT2D eigenvalue weighted by atomic mass is 10.1. The van der Waals surface area contributed by atoms with Crippen LogP contribution in [0.2, 0.25) is 0 Å². The van der Waals surface area contributed by atoms with Crippen molar-refractivity contribution in [2.75, 3.05) is 5.32 Å². The number of pyridine rings is 3. The van der Waals surface area contributed by atoms with Gasteiger partial charge in [0, 0.05) is 36.1 Å². The second kappa shape index (κ2) is 9.27. The zero-order valence-electron chi connectivity index (χ0n) is 20.4. The fourth-order valence-electron chi connectivity index (χ4n) is 4.36. The van der Waals surface area contributed by atoms with Gasteiger partial charge in [0.25, 0.3) is 0 Å². The van der Waals surface area contributed by atoms with E-state index in [2.05, 4.69) is 30.5 Å². The minimum Gasteiger partial charge on any atom is -0.336 e. The lowest BCUT2D eigenvalue weighted by Gasteiger charge is -2.08. The number of H-pyrrole nitrogens is 2. The molecule has 0 radical (unpaired) electrons. The predicted octanol–water partition coefficient (Wildman–Crippen LogP) is 5.61. The Bertz CT molecular complexity index is 1740. The molecule has 0 spiro atoms. The van der Waals surface area contributed by atoms with Crippen LogP contribution in [0.1, 0.15) is 20.3 Å². The molecular weight excluding hydrogens is 464 g/mol. The smallest absolute Gasteiger partial charge is 0.224 e. The van der Waals surface area contributed by atoms with Gasteiger partial charge in [-0.05, 0) is 47.9 Å². The molecule has 6 rings (SSSR count). The Morgan fingerprint density at radius 2 is 1.78 bits per heavy atom. The number of carbonyl (C=O) groups excluding carboxylic acids is 1. The van der Waals surface area contributed by atoms with Gasteiger partial charge in [-0.3, -0.25) is 19.9 Å². The van der Waals surface area contributed by atoms with Crippen molar-refractivity contribution in [1.29, 1.82) is 0 Å². The van der Waals surface area contributed by atoms with Gasteiger partial charge < -0.3 is 10.3 Å². The van der Waals surface area contributed by atoms with E-state index in [-0.39, 0.29) is 11.8 Å². The zero-order chi connectivity index (χ0) is 25.4. The van der Waals surface area contributed by atoms with Crippen LogP contribution in [0, 0.1) is 5.92 Å². The number of hydrogen-bond acceptors (Lipinski definition) is 6. The molecule has 0 aliphatic rings. The first kappa shape index (κ1) is 22.5. The van der Waals surface area contributed by atoms with Crippen LogP contribution in [0.3, 0.4) is 0 Å². The summed E-state index contributed by atoms with van der Waals surface area (Å²) in [4.78, 5) is 33.8. The lowest BCUT2D eigenvalue weighted by molar-refractivity contribution is -0.116. The summed E-state index contributed by atoms with van der Waals surface area (Å²) >= 11 is 0.